The summed E-state index contributed by atoms with van der Waals surface area (Å²) in [7, 11) is 0. The van der Waals surface area contributed by atoms with Crippen molar-refractivity contribution in [3.05, 3.63) is 77.4 Å². The van der Waals surface area contributed by atoms with Gasteiger partial charge in [-0.25, -0.2) is 0 Å². The first-order valence-electron chi connectivity index (χ1n) is 9.57. The first-order chi connectivity index (χ1) is 13.2. The fourth-order valence-corrected chi connectivity index (χ4v) is 3.24. The number of hydrogen-bond acceptors (Lipinski definition) is 2. The maximum absolute atomic E-state index is 12.4. The van der Waals surface area contributed by atoms with Gasteiger partial charge in [-0.05, 0) is 48.6 Å². The molecule has 1 saturated heterocycles. The molecule has 0 radical (unpaired) electrons. The topological polar surface area (TPSA) is 49.4 Å². The Morgan fingerprint density at radius 1 is 1.04 bits per heavy atom. The van der Waals surface area contributed by atoms with E-state index in [1.165, 1.54) is 5.56 Å². The second kappa shape index (κ2) is 9.17. The third-order valence-corrected chi connectivity index (χ3v) is 4.98. The Bertz CT molecular complexity index is 789. The van der Waals surface area contributed by atoms with Crippen LogP contribution in [0.1, 0.15) is 41.3 Å². The number of benzene rings is 2. The van der Waals surface area contributed by atoms with Gasteiger partial charge in [0, 0.05) is 30.8 Å². The molecule has 0 bridgehead atoms. The zero-order valence-corrected chi connectivity index (χ0v) is 15.7. The number of aryl methyl sites for hydroxylation is 1. The van der Waals surface area contributed by atoms with Crippen LogP contribution in [0.15, 0.2) is 60.7 Å². The normalized spacial score (nSPS) is 15.1. The van der Waals surface area contributed by atoms with E-state index in [2.05, 4.69) is 24.4 Å². The highest BCUT2D eigenvalue weighted by molar-refractivity contribution is 5.94. The van der Waals surface area contributed by atoms with Crippen LogP contribution in [0, 0.1) is 0 Å². The lowest BCUT2D eigenvalue weighted by Gasteiger charge is -2.31. The Hall–Kier alpha value is -2.88. The highest BCUT2D eigenvalue weighted by atomic mass is 16.2. The van der Waals surface area contributed by atoms with Gasteiger partial charge in [0.05, 0.1) is 0 Å². The van der Waals surface area contributed by atoms with Crippen molar-refractivity contribution in [3.63, 3.8) is 0 Å². The Labute approximate surface area is 160 Å². The molecule has 0 aliphatic carbocycles. The lowest BCUT2D eigenvalue weighted by atomic mass is 10.0. The Morgan fingerprint density at radius 3 is 2.33 bits per heavy atom. The number of nitrogens with one attached hydrogen (secondary N) is 1. The minimum Gasteiger partial charge on any atom is -0.349 e. The van der Waals surface area contributed by atoms with Crippen LogP contribution in [-0.2, 0) is 11.2 Å². The van der Waals surface area contributed by atoms with Crippen LogP contribution < -0.4 is 5.32 Å². The molecule has 0 atom stereocenters. The quantitative estimate of drug-likeness (QED) is 0.825. The molecule has 2 amide bonds. The van der Waals surface area contributed by atoms with Crippen LogP contribution in [-0.4, -0.2) is 35.8 Å². The van der Waals surface area contributed by atoms with Crippen molar-refractivity contribution >= 4 is 17.9 Å². The van der Waals surface area contributed by atoms with E-state index in [0.717, 1.165) is 24.8 Å². The summed E-state index contributed by atoms with van der Waals surface area (Å²) < 4.78 is 0. The maximum atomic E-state index is 12.4. The number of hydrogen-bond donors (Lipinski definition) is 1. The number of carbonyl (C=O) groups excluding carboxylic acids is 2. The second-order valence-corrected chi connectivity index (χ2v) is 6.87. The average Bonchev–Trinajstić information content (AvgIpc) is 2.73. The van der Waals surface area contributed by atoms with Crippen LogP contribution in [0.2, 0.25) is 0 Å². The minimum atomic E-state index is -0.0456. The van der Waals surface area contributed by atoms with Gasteiger partial charge in [0.15, 0.2) is 0 Å². The molecule has 1 N–H and O–H groups in total. The summed E-state index contributed by atoms with van der Waals surface area (Å²) in [6.07, 6.45) is 6.08. The van der Waals surface area contributed by atoms with Gasteiger partial charge in [-0.2, -0.15) is 0 Å². The van der Waals surface area contributed by atoms with Crippen molar-refractivity contribution in [3.8, 4) is 0 Å². The number of carbonyl (C=O) groups is 2. The minimum absolute atomic E-state index is 0.0300. The Morgan fingerprint density at radius 2 is 1.70 bits per heavy atom. The molecular weight excluding hydrogens is 336 g/mol. The largest absolute Gasteiger partial charge is 0.349 e. The van der Waals surface area contributed by atoms with E-state index in [1.54, 1.807) is 6.08 Å². The lowest BCUT2D eigenvalue weighted by Crippen LogP contribution is -2.46. The van der Waals surface area contributed by atoms with E-state index in [9.17, 15) is 9.59 Å². The van der Waals surface area contributed by atoms with Crippen molar-refractivity contribution in [2.75, 3.05) is 13.1 Å². The highest BCUT2D eigenvalue weighted by Crippen LogP contribution is 2.13. The molecule has 2 aromatic rings. The number of likely N-dealkylation sites (tertiary alicyclic amines) is 1. The van der Waals surface area contributed by atoms with E-state index in [0.29, 0.717) is 18.7 Å². The van der Waals surface area contributed by atoms with E-state index in [4.69, 9.17) is 0 Å². The van der Waals surface area contributed by atoms with Crippen molar-refractivity contribution < 1.29 is 9.59 Å². The van der Waals surface area contributed by atoms with Gasteiger partial charge < -0.3 is 10.2 Å². The summed E-state index contributed by atoms with van der Waals surface area (Å²) in [5, 5.41) is 3.07. The standard InChI is InChI=1S/C23H26N2O2/c1-2-18-8-10-19(11-9-18)12-13-22(26)25-16-14-21(15-17-25)24-23(27)20-6-4-3-5-7-20/h3-13,21H,2,14-17H2,1H3,(H,24,27). The predicted molar refractivity (Wildman–Crippen MR) is 108 cm³/mol. The molecule has 0 spiro atoms. The zero-order valence-electron chi connectivity index (χ0n) is 15.7. The molecule has 1 aliphatic rings. The van der Waals surface area contributed by atoms with Crippen molar-refractivity contribution in [2.45, 2.75) is 32.2 Å². The molecule has 1 aliphatic heterocycles. The lowest BCUT2D eigenvalue weighted by molar-refractivity contribution is -0.126. The molecule has 1 fully saturated rings. The summed E-state index contributed by atoms with van der Waals surface area (Å²) in [6.45, 7) is 3.45. The number of rotatable bonds is 5. The van der Waals surface area contributed by atoms with Gasteiger partial charge in [-0.3, -0.25) is 9.59 Å². The summed E-state index contributed by atoms with van der Waals surface area (Å²) in [4.78, 5) is 26.5. The van der Waals surface area contributed by atoms with Gasteiger partial charge in [0.2, 0.25) is 5.91 Å². The van der Waals surface area contributed by atoms with Crippen LogP contribution in [0.3, 0.4) is 0 Å². The Kier molecular flexibility index (Phi) is 6.42. The van der Waals surface area contributed by atoms with Gasteiger partial charge in [-0.1, -0.05) is 49.4 Å². The van der Waals surface area contributed by atoms with E-state index in [-0.39, 0.29) is 17.9 Å². The molecule has 0 aromatic heterocycles. The van der Waals surface area contributed by atoms with Gasteiger partial charge >= 0.3 is 0 Å². The van der Waals surface area contributed by atoms with E-state index < -0.39 is 0 Å². The van der Waals surface area contributed by atoms with E-state index >= 15 is 0 Å². The number of amides is 2. The van der Waals surface area contributed by atoms with Crippen molar-refractivity contribution in [1.29, 1.82) is 0 Å². The first kappa shape index (κ1) is 18.9. The van der Waals surface area contributed by atoms with Gasteiger partial charge in [0.25, 0.3) is 5.91 Å². The molecule has 0 unspecified atom stereocenters. The summed E-state index contributed by atoms with van der Waals surface area (Å²) in [5.74, 6) is -0.0156. The van der Waals surface area contributed by atoms with Crippen LogP contribution >= 0.6 is 0 Å². The summed E-state index contributed by atoms with van der Waals surface area (Å²) >= 11 is 0. The summed E-state index contributed by atoms with van der Waals surface area (Å²) in [5.41, 5.74) is 3.00. The first-order valence-corrected chi connectivity index (χ1v) is 9.57. The molecule has 2 aromatic carbocycles. The van der Waals surface area contributed by atoms with Gasteiger partial charge in [-0.15, -0.1) is 0 Å². The molecule has 4 nitrogen and oxygen atoms in total. The van der Waals surface area contributed by atoms with Crippen molar-refractivity contribution in [1.82, 2.24) is 10.2 Å². The molecule has 140 valence electrons. The fraction of sp³-hybridized carbons (Fsp3) is 0.304. The predicted octanol–water partition coefficient (Wildman–Crippen LogP) is 3.68. The fourth-order valence-electron chi connectivity index (χ4n) is 3.24. The molecule has 27 heavy (non-hydrogen) atoms. The molecule has 0 saturated carbocycles. The smallest absolute Gasteiger partial charge is 0.251 e. The number of piperidine rings is 1. The van der Waals surface area contributed by atoms with E-state index in [1.807, 2.05) is 53.4 Å². The Balaban J connectivity index is 1.47. The maximum Gasteiger partial charge on any atom is 0.251 e. The second-order valence-electron chi connectivity index (χ2n) is 6.87. The number of nitrogens with zero attached hydrogens (tertiary/aromatic N) is 1. The average molecular weight is 362 g/mol. The zero-order chi connectivity index (χ0) is 19.1. The van der Waals surface area contributed by atoms with Crippen LogP contribution in [0.5, 0.6) is 0 Å². The monoisotopic (exact) mass is 362 g/mol. The molecule has 1 heterocycles. The summed E-state index contributed by atoms with van der Waals surface area (Å²) in [6, 6.07) is 17.6. The van der Waals surface area contributed by atoms with Gasteiger partial charge in [0.1, 0.15) is 0 Å². The highest BCUT2D eigenvalue weighted by Gasteiger charge is 2.23. The van der Waals surface area contributed by atoms with Crippen molar-refractivity contribution in [2.24, 2.45) is 0 Å². The third kappa shape index (κ3) is 5.30. The third-order valence-electron chi connectivity index (χ3n) is 4.98. The molecule has 3 rings (SSSR count). The molecule has 4 heteroatoms. The van der Waals surface area contributed by atoms with Crippen LogP contribution in [0.4, 0.5) is 0 Å². The SMILES string of the molecule is CCc1ccc(C=CC(=O)N2CCC(NC(=O)c3ccccc3)CC2)cc1. The van der Waals surface area contributed by atoms with Crippen LogP contribution in [0.25, 0.3) is 6.08 Å². The molecular formula is C23H26N2O2.